The first-order valence-electron chi connectivity index (χ1n) is 6.77. The summed E-state index contributed by atoms with van der Waals surface area (Å²) in [4.78, 5) is 4.34. The number of hydrogen-bond donors (Lipinski definition) is 0. The highest BCUT2D eigenvalue weighted by Gasteiger charge is 2.14. The second kappa shape index (κ2) is 6.98. The lowest BCUT2D eigenvalue weighted by molar-refractivity contribution is 0.406. The van der Waals surface area contributed by atoms with Gasteiger partial charge in [-0.25, -0.2) is 0 Å². The molecule has 0 amide bonds. The van der Waals surface area contributed by atoms with Gasteiger partial charge in [0, 0.05) is 4.47 Å². The summed E-state index contributed by atoms with van der Waals surface area (Å²) in [6.07, 6.45) is 1.77. The van der Waals surface area contributed by atoms with Crippen LogP contribution in [0.3, 0.4) is 0 Å². The van der Waals surface area contributed by atoms with Crippen LogP contribution >= 0.6 is 27.5 Å². The van der Waals surface area contributed by atoms with E-state index >= 15 is 0 Å². The highest BCUT2D eigenvalue weighted by atomic mass is 79.9. The highest BCUT2D eigenvalue weighted by Crippen LogP contribution is 2.29. The highest BCUT2D eigenvalue weighted by molar-refractivity contribution is 9.10. The zero-order valence-electron chi connectivity index (χ0n) is 12.2. The quantitative estimate of drug-likeness (QED) is 0.610. The monoisotopic (exact) mass is 390 g/mol. The predicted molar refractivity (Wildman–Crippen MR) is 94.2 cm³/mol. The van der Waals surface area contributed by atoms with Crippen LogP contribution in [-0.2, 0) is 0 Å². The van der Waals surface area contributed by atoms with Crippen LogP contribution in [0.4, 0.5) is 0 Å². The summed E-state index contributed by atoms with van der Waals surface area (Å²) >= 11 is 9.71. The fraction of sp³-hybridized carbons (Fsp3) is 0.0588. The van der Waals surface area contributed by atoms with Crippen LogP contribution < -0.4 is 4.74 Å². The van der Waals surface area contributed by atoms with Gasteiger partial charge in [-0.05, 0) is 35.9 Å². The minimum atomic E-state index is 0.257. The Morgan fingerprint density at radius 2 is 2.04 bits per heavy atom. The number of nitrogens with zero attached hydrogens (tertiary/aromatic N) is 2. The van der Waals surface area contributed by atoms with Crippen molar-refractivity contribution in [3.63, 3.8) is 0 Å². The Balaban J connectivity index is 1.92. The van der Waals surface area contributed by atoms with Crippen molar-refractivity contribution in [3.05, 3.63) is 64.5 Å². The summed E-state index contributed by atoms with van der Waals surface area (Å²) in [5.41, 5.74) is 1.68. The van der Waals surface area contributed by atoms with Gasteiger partial charge in [0.1, 0.15) is 10.8 Å². The fourth-order valence-electron chi connectivity index (χ4n) is 2.06. The fourth-order valence-corrected chi connectivity index (χ4v) is 2.68. The summed E-state index contributed by atoms with van der Waals surface area (Å²) in [5.74, 6) is 1.36. The minimum absolute atomic E-state index is 0.257. The molecule has 0 saturated carbocycles. The van der Waals surface area contributed by atoms with E-state index in [4.69, 9.17) is 20.9 Å². The van der Waals surface area contributed by atoms with Gasteiger partial charge in [-0.2, -0.15) is 4.98 Å². The molecule has 116 valence electrons. The zero-order valence-corrected chi connectivity index (χ0v) is 14.5. The summed E-state index contributed by atoms with van der Waals surface area (Å²) in [5, 5.41) is 4.35. The number of ether oxygens (including phenoxy) is 1. The van der Waals surface area contributed by atoms with E-state index in [-0.39, 0.29) is 5.89 Å². The molecule has 4 nitrogen and oxygen atoms in total. The molecule has 3 aromatic rings. The standard InChI is InChI=1S/C17H12BrClN2O2/c1-22-15-8-3-2-7-13(15)16-20-17(23-21-16)14(19)10-11-5-4-6-12(18)9-11/h2-10H,1H3/b14-10-. The predicted octanol–water partition coefficient (Wildman–Crippen LogP) is 5.24. The van der Waals surface area contributed by atoms with Gasteiger partial charge >= 0.3 is 0 Å². The van der Waals surface area contributed by atoms with Crippen LogP contribution in [0.15, 0.2) is 57.5 Å². The van der Waals surface area contributed by atoms with Crippen LogP contribution in [0.2, 0.25) is 0 Å². The molecular weight excluding hydrogens is 380 g/mol. The van der Waals surface area contributed by atoms with Crippen molar-refractivity contribution < 1.29 is 9.26 Å². The van der Waals surface area contributed by atoms with Crippen molar-refractivity contribution in [2.45, 2.75) is 0 Å². The van der Waals surface area contributed by atoms with Crippen LogP contribution in [0.25, 0.3) is 22.5 Å². The van der Waals surface area contributed by atoms with Crippen molar-refractivity contribution in [1.29, 1.82) is 0 Å². The second-order valence-electron chi connectivity index (χ2n) is 4.67. The third kappa shape index (κ3) is 3.63. The molecule has 0 fully saturated rings. The molecule has 3 rings (SSSR count). The molecule has 0 aliphatic heterocycles. The first-order chi connectivity index (χ1) is 11.2. The molecule has 6 heteroatoms. The number of methoxy groups -OCH3 is 1. The van der Waals surface area contributed by atoms with E-state index in [2.05, 4.69) is 26.1 Å². The molecule has 2 aromatic carbocycles. The zero-order chi connectivity index (χ0) is 16.2. The molecule has 0 aliphatic carbocycles. The largest absolute Gasteiger partial charge is 0.496 e. The number of aromatic nitrogens is 2. The molecule has 0 atom stereocenters. The lowest BCUT2D eigenvalue weighted by Gasteiger charge is -2.02. The molecule has 0 N–H and O–H groups in total. The van der Waals surface area contributed by atoms with Crippen molar-refractivity contribution in [2.75, 3.05) is 7.11 Å². The van der Waals surface area contributed by atoms with Gasteiger partial charge in [-0.15, -0.1) is 0 Å². The first-order valence-corrected chi connectivity index (χ1v) is 7.94. The Morgan fingerprint density at radius 3 is 2.83 bits per heavy atom. The molecule has 1 aromatic heterocycles. The number of rotatable bonds is 4. The normalized spacial score (nSPS) is 11.5. The Hall–Kier alpha value is -2.11. The smallest absolute Gasteiger partial charge is 0.269 e. The van der Waals surface area contributed by atoms with Crippen LogP contribution in [0.5, 0.6) is 5.75 Å². The van der Waals surface area contributed by atoms with Crippen molar-refractivity contribution in [3.8, 4) is 17.1 Å². The minimum Gasteiger partial charge on any atom is -0.496 e. The Bertz CT molecular complexity index is 861. The van der Waals surface area contributed by atoms with Crippen LogP contribution in [-0.4, -0.2) is 17.3 Å². The third-order valence-corrected chi connectivity index (χ3v) is 3.88. The van der Waals surface area contributed by atoms with Gasteiger partial charge in [-0.1, -0.05) is 57.0 Å². The van der Waals surface area contributed by atoms with Crippen molar-refractivity contribution in [1.82, 2.24) is 10.1 Å². The van der Waals surface area contributed by atoms with Crippen LogP contribution in [0.1, 0.15) is 11.5 Å². The maximum Gasteiger partial charge on any atom is 0.269 e. The SMILES string of the molecule is COc1ccccc1-c1noc(/C(Cl)=C/c2cccc(Br)c2)n1. The second-order valence-corrected chi connectivity index (χ2v) is 5.99. The molecule has 0 saturated heterocycles. The molecule has 0 radical (unpaired) electrons. The van der Waals surface area contributed by atoms with Crippen molar-refractivity contribution >= 4 is 38.6 Å². The van der Waals surface area contributed by atoms with Gasteiger partial charge in [0.15, 0.2) is 0 Å². The number of halogens is 2. The van der Waals surface area contributed by atoms with E-state index in [9.17, 15) is 0 Å². The molecular formula is C17H12BrClN2O2. The Morgan fingerprint density at radius 1 is 1.22 bits per heavy atom. The van der Waals surface area contributed by atoms with Gasteiger partial charge in [0.05, 0.1) is 12.7 Å². The molecule has 0 spiro atoms. The van der Waals surface area contributed by atoms with Crippen molar-refractivity contribution in [2.24, 2.45) is 0 Å². The Kier molecular flexibility index (Phi) is 4.79. The average molecular weight is 392 g/mol. The van der Waals surface area contributed by atoms with E-state index < -0.39 is 0 Å². The van der Waals surface area contributed by atoms with E-state index in [0.717, 1.165) is 15.6 Å². The van der Waals surface area contributed by atoms with E-state index in [1.165, 1.54) is 0 Å². The molecule has 23 heavy (non-hydrogen) atoms. The number of hydrogen-bond acceptors (Lipinski definition) is 4. The maximum absolute atomic E-state index is 6.29. The van der Waals surface area contributed by atoms with Crippen LogP contribution in [0, 0.1) is 0 Å². The van der Waals surface area contributed by atoms with Gasteiger partial charge in [-0.3, -0.25) is 0 Å². The summed E-state index contributed by atoms with van der Waals surface area (Å²) in [6.45, 7) is 0. The van der Waals surface area contributed by atoms with Gasteiger partial charge in [0.2, 0.25) is 5.82 Å². The van der Waals surface area contributed by atoms with E-state index in [0.29, 0.717) is 16.6 Å². The first kappa shape index (κ1) is 15.8. The van der Waals surface area contributed by atoms with E-state index in [1.54, 1.807) is 13.2 Å². The molecule has 0 bridgehead atoms. The number of para-hydroxylation sites is 1. The maximum atomic E-state index is 6.29. The average Bonchev–Trinajstić information content (AvgIpc) is 3.05. The lowest BCUT2D eigenvalue weighted by Crippen LogP contribution is -1.88. The Labute approximate surface area is 146 Å². The summed E-state index contributed by atoms with van der Waals surface area (Å²) in [7, 11) is 1.60. The summed E-state index contributed by atoms with van der Waals surface area (Å²) in [6, 6.07) is 15.2. The van der Waals surface area contributed by atoms with Gasteiger partial charge < -0.3 is 9.26 Å². The lowest BCUT2D eigenvalue weighted by atomic mass is 10.2. The number of benzene rings is 2. The third-order valence-electron chi connectivity index (χ3n) is 3.12. The molecule has 1 heterocycles. The summed E-state index contributed by atoms with van der Waals surface area (Å²) < 4.78 is 11.5. The molecule has 0 unspecified atom stereocenters. The molecule has 0 aliphatic rings. The topological polar surface area (TPSA) is 48.2 Å². The van der Waals surface area contributed by atoms with E-state index in [1.807, 2.05) is 48.5 Å². The van der Waals surface area contributed by atoms with Gasteiger partial charge in [0.25, 0.3) is 5.89 Å².